The number of nitrogens with one attached hydrogen (secondary N) is 2. The molecule has 0 saturated carbocycles. The molecule has 1 heterocycles. The first-order valence-electron chi connectivity index (χ1n) is 5.27. The van der Waals surface area contributed by atoms with Gasteiger partial charge in [0.1, 0.15) is 0 Å². The van der Waals surface area contributed by atoms with Crippen LogP contribution in [0.3, 0.4) is 0 Å². The van der Waals surface area contributed by atoms with E-state index in [1.807, 2.05) is 0 Å². The summed E-state index contributed by atoms with van der Waals surface area (Å²) in [6.45, 7) is 10.3. The summed E-state index contributed by atoms with van der Waals surface area (Å²) < 4.78 is 0. The van der Waals surface area contributed by atoms with Gasteiger partial charge in [0.05, 0.1) is 0 Å². The maximum Gasteiger partial charge on any atom is 0.217 e. The molecular formula is C11H22N2NiO. The van der Waals surface area contributed by atoms with E-state index >= 15 is 0 Å². The second-order valence-corrected chi connectivity index (χ2v) is 5.70. The molecule has 1 rings (SSSR count). The van der Waals surface area contributed by atoms with Crippen molar-refractivity contribution in [2.45, 2.75) is 64.6 Å². The van der Waals surface area contributed by atoms with Crippen molar-refractivity contribution in [3.05, 3.63) is 0 Å². The third-order valence-corrected chi connectivity index (χ3v) is 2.60. The summed E-state index contributed by atoms with van der Waals surface area (Å²) in [5.74, 6) is 0.0727. The quantitative estimate of drug-likeness (QED) is 0.697. The second kappa shape index (κ2) is 4.84. The predicted octanol–water partition coefficient (Wildman–Crippen LogP) is 1.43. The Hall–Kier alpha value is -0.0765. The molecule has 0 atom stereocenters. The molecule has 0 aromatic carbocycles. The van der Waals surface area contributed by atoms with Gasteiger partial charge in [-0.15, -0.1) is 0 Å². The summed E-state index contributed by atoms with van der Waals surface area (Å²) in [5, 5.41) is 6.60. The largest absolute Gasteiger partial charge is 0.353 e. The minimum atomic E-state index is 0. The van der Waals surface area contributed by atoms with Gasteiger partial charge in [0.2, 0.25) is 5.91 Å². The summed E-state index contributed by atoms with van der Waals surface area (Å²) >= 11 is 0. The van der Waals surface area contributed by atoms with Crippen LogP contribution in [0.2, 0.25) is 0 Å². The predicted molar refractivity (Wildman–Crippen MR) is 58.1 cm³/mol. The number of rotatable bonds is 1. The second-order valence-electron chi connectivity index (χ2n) is 5.70. The number of amides is 1. The van der Waals surface area contributed by atoms with Crippen molar-refractivity contribution in [1.29, 1.82) is 0 Å². The van der Waals surface area contributed by atoms with Crippen molar-refractivity contribution in [1.82, 2.24) is 10.6 Å². The molecule has 1 aliphatic rings. The van der Waals surface area contributed by atoms with Crippen molar-refractivity contribution in [2.75, 3.05) is 0 Å². The van der Waals surface area contributed by atoms with E-state index in [-0.39, 0.29) is 33.5 Å². The molecule has 3 nitrogen and oxygen atoms in total. The van der Waals surface area contributed by atoms with Crippen molar-refractivity contribution >= 4 is 5.91 Å². The Morgan fingerprint density at radius 2 is 1.60 bits per heavy atom. The van der Waals surface area contributed by atoms with Crippen LogP contribution in [0.1, 0.15) is 47.5 Å². The Morgan fingerprint density at radius 3 is 1.93 bits per heavy atom. The molecular weight excluding hydrogens is 235 g/mol. The van der Waals surface area contributed by atoms with Gasteiger partial charge in [0.25, 0.3) is 0 Å². The zero-order valence-electron chi connectivity index (χ0n) is 10.2. The Balaban J connectivity index is 0.00000196. The summed E-state index contributed by atoms with van der Waals surface area (Å²) in [6, 6.07) is 0.304. The van der Waals surface area contributed by atoms with E-state index in [1.54, 1.807) is 6.92 Å². The van der Waals surface area contributed by atoms with Crippen molar-refractivity contribution in [3.63, 3.8) is 0 Å². The summed E-state index contributed by atoms with van der Waals surface area (Å²) in [6.07, 6.45) is 1.99. The fraction of sp³-hybridized carbons (Fsp3) is 0.909. The minimum absolute atomic E-state index is 0. The molecule has 1 amide bonds. The van der Waals surface area contributed by atoms with Crippen LogP contribution in [0.25, 0.3) is 0 Å². The van der Waals surface area contributed by atoms with Gasteiger partial charge >= 0.3 is 0 Å². The molecule has 92 valence electrons. The molecule has 1 saturated heterocycles. The van der Waals surface area contributed by atoms with Crippen molar-refractivity contribution in [2.24, 2.45) is 0 Å². The topological polar surface area (TPSA) is 41.1 Å². The number of carbonyl (C=O) groups is 1. The van der Waals surface area contributed by atoms with E-state index in [1.165, 1.54) is 0 Å². The first-order chi connectivity index (χ1) is 6.20. The van der Waals surface area contributed by atoms with E-state index in [4.69, 9.17) is 0 Å². The molecule has 0 radical (unpaired) electrons. The summed E-state index contributed by atoms with van der Waals surface area (Å²) in [4.78, 5) is 11.0. The van der Waals surface area contributed by atoms with Gasteiger partial charge in [-0.3, -0.25) is 4.79 Å². The van der Waals surface area contributed by atoms with Crippen LogP contribution in [-0.2, 0) is 21.3 Å². The van der Waals surface area contributed by atoms with Gasteiger partial charge < -0.3 is 10.6 Å². The first-order valence-corrected chi connectivity index (χ1v) is 5.27. The third-order valence-electron chi connectivity index (χ3n) is 2.60. The third kappa shape index (κ3) is 4.99. The number of carbonyl (C=O) groups excluding carboxylic acids is 1. The van der Waals surface area contributed by atoms with Crippen LogP contribution >= 0.6 is 0 Å². The van der Waals surface area contributed by atoms with Crippen molar-refractivity contribution < 1.29 is 21.3 Å². The van der Waals surface area contributed by atoms with Crippen LogP contribution in [0.15, 0.2) is 0 Å². The van der Waals surface area contributed by atoms with E-state index in [9.17, 15) is 4.79 Å². The number of piperidine rings is 1. The monoisotopic (exact) mass is 256 g/mol. The molecule has 0 aromatic heterocycles. The van der Waals surface area contributed by atoms with Gasteiger partial charge in [0, 0.05) is 40.5 Å². The SMILES string of the molecule is CC(=O)NC1CC(C)(C)NC(C)(C)C1.[Ni]. The summed E-state index contributed by atoms with van der Waals surface area (Å²) in [7, 11) is 0. The van der Waals surface area contributed by atoms with Gasteiger partial charge in [-0.2, -0.15) is 0 Å². The van der Waals surface area contributed by atoms with Crippen LogP contribution in [0.4, 0.5) is 0 Å². The maximum atomic E-state index is 11.0. The average molecular weight is 257 g/mol. The zero-order valence-corrected chi connectivity index (χ0v) is 11.2. The van der Waals surface area contributed by atoms with Crippen molar-refractivity contribution in [3.8, 4) is 0 Å². The molecule has 1 fully saturated rings. The minimum Gasteiger partial charge on any atom is -0.353 e. The van der Waals surface area contributed by atoms with Crippen LogP contribution in [0, 0.1) is 0 Å². The molecule has 4 heteroatoms. The van der Waals surface area contributed by atoms with Crippen LogP contribution < -0.4 is 10.6 Å². The Morgan fingerprint density at radius 1 is 1.20 bits per heavy atom. The molecule has 0 unspecified atom stereocenters. The molecule has 15 heavy (non-hydrogen) atoms. The molecule has 1 aliphatic heterocycles. The van der Waals surface area contributed by atoms with Gasteiger partial charge in [-0.05, 0) is 40.5 Å². The molecule has 0 aromatic rings. The Kier molecular flexibility index (Phi) is 4.81. The normalized spacial score (nSPS) is 24.1. The van der Waals surface area contributed by atoms with Gasteiger partial charge in [-0.25, -0.2) is 0 Å². The van der Waals surface area contributed by atoms with E-state index in [0.29, 0.717) is 6.04 Å². The van der Waals surface area contributed by atoms with Crippen LogP contribution in [0.5, 0.6) is 0 Å². The molecule has 2 N–H and O–H groups in total. The number of hydrogen-bond donors (Lipinski definition) is 2. The van der Waals surface area contributed by atoms with Gasteiger partial charge in [0.15, 0.2) is 0 Å². The summed E-state index contributed by atoms with van der Waals surface area (Å²) in [5.41, 5.74) is 0.212. The average Bonchev–Trinajstić information content (AvgIpc) is 1.74. The van der Waals surface area contributed by atoms with E-state index in [0.717, 1.165) is 12.8 Å². The Bertz CT molecular complexity index is 223. The van der Waals surface area contributed by atoms with Gasteiger partial charge in [-0.1, -0.05) is 0 Å². The zero-order chi connectivity index (χ0) is 11.0. The fourth-order valence-electron chi connectivity index (χ4n) is 2.71. The Labute approximate surface area is 103 Å². The number of hydrogen-bond acceptors (Lipinski definition) is 2. The molecule has 0 aliphatic carbocycles. The maximum absolute atomic E-state index is 11.0. The first kappa shape index (κ1) is 14.9. The van der Waals surface area contributed by atoms with E-state index < -0.39 is 0 Å². The van der Waals surface area contributed by atoms with E-state index in [2.05, 4.69) is 38.3 Å². The smallest absolute Gasteiger partial charge is 0.217 e. The standard InChI is InChI=1S/C11H22N2O.Ni/c1-8(14)12-9-6-10(2,3)13-11(4,5)7-9;/h9,13H,6-7H2,1-5H3,(H,12,14);. The molecule has 0 spiro atoms. The van der Waals surface area contributed by atoms with Crippen LogP contribution in [-0.4, -0.2) is 23.0 Å². The fourth-order valence-corrected chi connectivity index (χ4v) is 2.71. The molecule has 0 bridgehead atoms.